The topological polar surface area (TPSA) is 29.5 Å². The van der Waals surface area contributed by atoms with E-state index in [4.69, 9.17) is 4.84 Å². The predicted octanol–water partition coefficient (Wildman–Crippen LogP) is 2.77. The number of carbonyl (C=O) groups excluding carboxylic acids is 1. The summed E-state index contributed by atoms with van der Waals surface area (Å²) in [4.78, 5) is 17.5. The third-order valence-corrected chi connectivity index (χ3v) is 4.08. The maximum atomic E-state index is 12.2. The molecule has 3 nitrogen and oxygen atoms in total. The van der Waals surface area contributed by atoms with Gasteiger partial charge in [0.1, 0.15) is 0 Å². The second-order valence-corrected chi connectivity index (χ2v) is 4.96. The number of rotatable bonds is 1. The van der Waals surface area contributed by atoms with Crippen LogP contribution >= 0.6 is 22.6 Å². The molecule has 1 aliphatic rings. The summed E-state index contributed by atoms with van der Waals surface area (Å²) >= 11 is 2.21. The lowest BCUT2D eigenvalue weighted by atomic mass is 10.1. The van der Waals surface area contributed by atoms with E-state index in [1.165, 1.54) is 5.06 Å². The average Bonchev–Trinajstić information content (AvgIpc) is 2.33. The van der Waals surface area contributed by atoms with E-state index in [-0.39, 0.29) is 5.91 Å². The largest absolute Gasteiger partial charge is 0.278 e. The molecule has 1 aromatic carbocycles. The van der Waals surface area contributed by atoms with Gasteiger partial charge in [-0.3, -0.25) is 9.63 Å². The van der Waals surface area contributed by atoms with Crippen molar-refractivity contribution in [2.45, 2.75) is 19.8 Å². The zero-order valence-electron chi connectivity index (χ0n) is 9.20. The van der Waals surface area contributed by atoms with Crippen LogP contribution in [0.4, 0.5) is 0 Å². The van der Waals surface area contributed by atoms with Gasteiger partial charge < -0.3 is 0 Å². The molecular weight excluding hydrogens is 317 g/mol. The summed E-state index contributed by atoms with van der Waals surface area (Å²) in [5.74, 6) is -0.0206. The highest BCUT2D eigenvalue weighted by molar-refractivity contribution is 14.1. The van der Waals surface area contributed by atoms with Crippen molar-refractivity contribution in [1.29, 1.82) is 0 Å². The van der Waals surface area contributed by atoms with Gasteiger partial charge in [0, 0.05) is 10.1 Å². The molecule has 1 amide bonds. The molecule has 1 heterocycles. The molecule has 1 aliphatic heterocycles. The van der Waals surface area contributed by atoms with Gasteiger partial charge in [0.15, 0.2) is 0 Å². The van der Waals surface area contributed by atoms with Crippen LogP contribution in [0.1, 0.15) is 28.8 Å². The van der Waals surface area contributed by atoms with Crippen LogP contribution in [0.5, 0.6) is 0 Å². The maximum Gasteiger partial charge on any atom is 0.278 e. The standard InChI is InChI=1S/C12H14INO2/c1-9-5-4-6-10(11(9)13)12(15)14-7-2-3-8-16-14/h4-6H,2-3,7-8H2,1H3. The third kappa shape index (κ3) is 2.38. The fourth-order valence-corrected chi connectivity index (χ4v) is 2.29. The predicted molar refractivity (Wildman–Crippen MR) is 70.1 cm³/mol. The molecule has 0 aliphatic carbocycles. The first-order valence-corrected chi connectivity index (χ1v) is 6.48. The Kier molecular flexibility index (Phi) is 3.81. The maximum absolute atomic E-state index is 12.2. The van der Waals surface area contributed by atoms with Gasteiger partial charge in [0.25, 0.3) is 5.91 Å². The third-order valence-electron chi connectivity index (χ3n) is 2.65. The number of amides is 1. The summed E-state index contributed by atoms with van der Waals surface area (Å²) < 4.78 is 1.01. The Labute approximate surface area is 109 Å². The van der Waals surface area contributed by atoms with E-state index in [1.807, 2.05) is 25.1 Å². The van der Waals surface area contributed by atoms with Crippen LogP contribution in [0.25, 0.3) is 0 Å². The Hall–Kier alpha value is -0.620. The molecule has 0 atom stereocenters. The molecule has 1 fully saturated rings. The normalized spacial score (nSPS) is 16.2. The minimum atomic E-state index is -0.0206. The van der Waals surface area contributed by atoms with Crippen LogP contribution in [0, 0.1) is 10.5 Å². The zero-order chi connectivity index (χ0) is 11.5. The van der Waals surface area contributed by atoms with Gasteiger partial charge in [0.2, 0.25) is 0 Å². The molecule has 1 saturated heterocycles. The van der Waals surface area contributed by atoms with E-state index in [0.717, 1.165) is 27.5 Å². The lowest BCUT2D eigenvalue weighted by Gasteiger charge is -2.26. The van der Waals surface area contributed by atoms with Gasteiger partial charge in [-0.05, 0) is 54.0 Å². The molecule has 16 heavy (non-hydrogen) atoms. The highest BCUT2D eigenvalue weighted by Gasteiger charge is 2.21. The first-order valence-electron chi connectivity index (χ1n) is 5.40. The van der Waals surface area contributed by atoms with Crippen molar-refractivity contribution < 1.29 is 9.63 Å². The summed E-state index contributed by atoms with van der Waals surface area (Å²) in [5.41, 5.74) is 1.87. The van der Waals surface area contributed by atoms with E-state index in [2.05, 4.69) is 22.6 Å². The van der Waals surface area contributed by atoms with Crippen molar-refractivity contribution in [3.8, 4) is 0 Å². The molecule has 4 heteroatoms. The molecule has 0 N–H and O–H groups in total. The lowest BCUT2D eigenvalue weighted by Crippen LogP contribution is -2.36. The Morgan fingerprint density at radius 1 is 1.44 bits per heavy atom. The number of benzene rings is 1. The highest BCUT2D eigenvalue weighted by atomic mass is 127. The molecule has 86 valence electrons. The zero-order valence-corrected chi connectivity index (χ0v) is 11.4. The summed E-state index contributed by atoms with van der Waals surface area (Å²) in [6, 6.07) is 5.78. The second-order valence-electron chi connectivity index (χ2n) is 3.88. The molecular formula is C12H14INO2. The van der Waals surface area contributed by atoms with Crippen LogP contribution in [0.3, 0.4) is 0 Å². The van der Waals surface area contributed by atoms with Gasteiger partial charge in [-0.1, -0.05) is 12.1 Å². The van der Waals surface area contributed by atoms with Crippen LogP contribution in [0.15, 0.2) is 18.2 Å². The molecule has 0 bridgehead atoms. The summed E-state index contributed by atoms with van der Waals surface area (Å²) in [6.45, 7) is 3.35. The van der Waals surface area contributed by atoms with Crippen molar-refractivity contribution in [2.24, 2.45) is 0 Å². The Balaban J connectivity index is 2.22. The minimum Gasteiger partial charge on any atom is -0.271 e. The average molecular weight is 331 g/mol. The van der Waals surface area contributed by atoms with E-state index in [0.29, 0.717) is 13.2 Å². The minimum absolute atomic E-state index is 0.0206. The van der Waals surface area contributed by atoms with Crippen LogP contribution < -0.4 is 0 Å². The first-order chi connectivity index (χ1) is 7.70. The van der Waals surface area contributed by atoms with Crippen molar-refractivity contribution in [3.05, 3.63) is 32.9 Å². The molecule has 2 rings (SSSR count). The summed E-state index contributed by atoms with van der Waals surface area (Å²) in [6.07, 6.45) is 2.06. The van der Waals surface area contributed by atoms with Gasteiger partial charge in [-0.2, -0.15) is 0 Å². The Morgan fingerprint density at radius 3 is 2.94 bits per heavy atom. The molecule has 0 unspecified atom stereocenters. The quantitative estimate of drug-likeness (QED) is 0.741. The molecule has 0 radical (unpaired) electrons. The number of hydrogen-bond donors (Lipinski definition) is 0. The Morgan fingerprint density at radius 2 is 2.25 bits per heavy atom. The number of hydroxylamine groups is 2. The molecule has 1 aromatic rings. The SMILES string of the molecule is Cc1cccc(C(=O)N2CCCCO2)c1I. The van der Waals surface area contributed by atoms with Crippen molar-refractivity contribution in [1.82, 2.24) is 5.06 Å². The fourth-order valence-electron chi connectivity index (χ4n) is 1.70. The van der Waals surface area contributed by atoms with Crippen LogP contribution in [-0.4, -0.2) is 24.1 Å². The smallest absolute Gasteiger partial charge is 0.271 e. The van der Waals surface area contributed by atoms with Crippen LogP contribution in [0.2, 0.25) is 0 Å². The highest BCUT2D eigenvalue weighted by Crippen LogP contribution is 2.19. The fraction of sp³-hybridized carbons (Fsp3) is 0.417. The summed E-state index contributed by atoms with van der Waals surface area (Å²) in [5, 5.41) is 1.49. The Bertz CT molecular complexity index is 400. The van der Waals surface area contributed by atoms with Crippen LogP contribution in [-0.2, 0) is 4.84 Å². The number of carbonyl (C=O) groups is 1. The summed E-state index contributed by atoms with van der Waals surface area (Å²) in [7, 11) is 0. The lowest BCUT2D eigenvalue weighted by molar-refractivity contribution is -0.144. The molecule has 0 spiro atoms. The van der Waals surface area contributed by atoms with E-state index < -0.39 is 0 Å². The second kappa shape index (κ2) is 5.14. The van der Waals surface area contributed by atoms with E-state index in [9.17, 15) is 4.79 Å². The molecule has 0 aromatic heterocycles. The number of hydrogen-bond acceptors (Lipinski definition) is 2. The number of aryl methyl sites for hydroxylation is 1. The van der Waals surface area contributed by atoms with Crippen molar-refractivity contribution in [2.75, 3.05) is 13.2 Å². The van der Waals surface area contributed by atoms with Gasteiger partial charge in [-0.25, -0.2) is 5.06 Å². The van der Waals surface area contributed by atoms with Crippen molar-refractivity contribution in [3.63, 3.8) is 0 Å². The molecule has 0 saturated carbocycles. The van der Waals surface area contributed by atoms with Crippen molar-refractivity contribution >= 4 is 28.5 Å². The van der Waals surface area contributed by atoms with E-state index in [1.54, 1.807) is 0 Å². The van der Waals surface area contributed by atoms with Gasteiger partial charge in [0.05, 0.1) is 12.2 Å². The number of nitrogens with zero attached hydrogens (tertiary/aromatic N) is 1. The number of halogens is 1. The van der Waals surface area contributed by atoms with E-state index >= 15 is 0 Å². The van der Waals surface area contributed by atoms with Gasteiger partial charge in [-0.15, -0.1) is 0 Å². The first kappa shape index (κ1) is 11.9. The van der Waals surface area contributed by atoms with Gasteiger partial charge >= 0.3 is 0 Å². The monoisotopic (exact) mass is 331 g/mol.